The molecule has 8 nitrogen and oxygen atoms in total. The molecule has 1 amide bonds. The summed E-state index contributed by atoms with van der Waals surface area (Å²) in [5, 5.41) is 0.265. The smallest absolute Gasteiger partial charge is 0.341 e. The second kappa shape index (κ2) is 8.38. The number of aryl methyl sites for hydroxylation is 1. The van der Waals surface area contributed by atoms with Crippen molar-refractivity contribution in [1.82, 2.24) is 14.0 Å². The number of rotatable bonds is 5. The summed E-state index contributed by atoms with van der Waals surface area (Å²) in [6.45, 7) is 7.72. The van der Waals surface area contributed by atoms with E-state index in [1.54, 1.807) is 49.7 Å². The summed E-state index contributed by atoms with van der Waals surface area (Å²) in [7, 11) is 0. The standard InChI is InChI=1S/C21H24N4O4/c1-5-10-25-17-14(20(27)24-11-8-7-9-16(24)22-17)12-15(21(28)29-6-2)18(25)23-19(26)13(3)4/h7-9,11-13H,5-6,10H2,1-4H3. The van der Waals surface area contributed by atoms with E-state index in [9.17, 15) is 14.4 Å². The van der Waals surface area contributed by atoms with E-state index < -0.39 is 5.97 Å². The molecule has 8 heteroatoms. The van der Waals surface area contributed by atoms with Crippen molar-refractivity contribution >= 4 is 28.6 Å². The Morgan fingerprint density at radius 1 is 1.24 bits per heavy atom. The summed E-state index contributed by atoms with van der Waals surface area (Å²) >= 11 is 0. The number of ether oxygens (including phenoxy) is 1. The van der Waals surface area contributed by atoms with E-state index in [0.29, 0.717) is 24.3 Å². The Balaban J connectivity index is 2.53. The van der Waals surface area contributed by atoms with Crippen LogP contribution in [0.1, 0.15) is 44.5 Å². The number of amides is 1. The van der Waals surface area contributed by atoms with Gasteiger partial charge in [-0.25, -0.2) is 9.78 Å². The van der Waals surface area contributed by atoms with Crippen LogP contribution in [0.3, 0.4) is 0 Å². The largest absolute Gasteiger partial charge is 0.462 e. The SMILES string of the molecule is CCCn1c(=NC(=O)C(C)C)c(C(=O)OCC)cc2c(=O)n3ccccc3nc21. The van der Waals surface area contributed by atoms with E-state index in [2.05, 4.69) is 9.98 Å². The Labute approximate surface area is 167 Å². The van der Waals surface area contributed by atoms with Crippen LogP contribution in [0, 0.1) is 5.92 Å². The van der Waals surface area contributed by atoms with Crippen molar-refractivity contribution in [3.05, 3.63) is 51.9 Å². The lowest BCUT2D eigenvalue weighted by Crippen LogP contribution is -2.33. The zero-order valence-electron chi connectivity index (χ0n) is 17.0. The Morgan fingerprint density at radius 2 is 2.00 bits per heavy atom. The molecule has 29 heavy (non-hydrogen) atoms. The highest BCUT2D eigenvalue weighted by Crippen LogP contribution is 2.12. The lowest BCUT2D eigenvalue weighted by molar-refractivity contribution is -0.120. The van der Waals surface area contributed by atoms with Crippen LogP contribution in [0.25, 0.3) is 16.7 Å². The molecule has 0 fully saturated rings. The van der Waals surface area contributed by atoms with Gasteiger partial charge < -0.3 is 9.30 Å². The molecule has 152 valence electrons. The van der Waals surface area contributed by atoms with Gasteiger partial charge in [-0.2, -0.15) is 4.99 Å². The Bertz CT molecular complexity index is 1220. The molecule has 0 spiro atoms. The van der Waals surface area contributed by atoms with Crippen LogP contribution in [0.2, 0.25) is 0 Å². The maximum absolute atomic E-state index is 13.1. The molecule has 0 unspecified atom stereocenters. The number of carbonyl (C=O) groups excluding carboxylic acids is 2. The van der Waals surface area contributed by atoms with E-state index in [-0.39, 0.29) is 40.4 Å². The van der Waals surface area contributed by atoms with E-state index in [0.717, 1.165) is 0 Å². The zero-order valence-corrected chi connectivity index (χ0v) is 17.0. The second-order valence-corrected chi connectivity index (χ2v) is 6.94. The number of hydrogen-bond acceptors (Lipinski definition) is 5. The third-order valence-electron chi connectivity index (χ3n) is 4.44. The molecule has 3 heterocycles. The fourth-order valence-electron chi connectivity index (χ4n) is 3.03. The first-order valence-corrected chi connectivity index (χ1v) is 9.69. The summed E-state index contributed by atoms with van der Waals surface area (Å²) in [5.74, 6) is -1.34. The predicted octanol–water partition coefficient (Wildman–Crippen LogP) is 2.32. The molecule has 0 aromatic carbocycles. The molecular formula is C21H24N4O4. The molecular weight excluding hydrogens is 372 g/mol. The van der Waals surface area contributed by atoms with Gasteiger partial charge >= 0.3 is 5.97 Å². The molecule has 0 radical (unpaired) electrons. The van der Waals surface area contributed by atoms with Gasteiger partial charge in [-0.3, -0.25) is 14.0 Å². The first kappa shape index (κ1) is 20.4. The number of esters is 1. The molecule has 0 aliphatic carbocycles. The normalized spacial score (nSPS) is 12.1. The predicted molar refractivity (Wildman–Crippen MR) is 109 cm³/mol. The minimum atomic E-state index is -0.632. The fourth-order valence-corrected chi connectivity index (χ4v) is 3.03. The van der Waals surface area contributed by atoms with Crippen LogP contribution < -0.4 is 11.0 Å². The maximum atomic E-state index is 13.1. The van der Waals surface area contributed by atoms with Crippen LogP contribution in [0.4, 0.5) is 0 Å². The molecule has 0 saturated heterocycles. The monoisotopic (exact) mass is 396 g/mol. The molecule has 0 N–H and O–H groups in total. The van der Waals surface area contributed by atoms with Crippen LogP contribution in [0.15, 0.2) is 40.2 Å². The molecule has 0 saturated carbocycles. The van der Waals surface area contributed by atoms with Gasteiger partial charge in [0.1, 0.15) is 16.9 Å². The Morgan fingerprint density at radius 3 is 2.66 bits per heavy atom. The topological polar surface area (TPSA) is 95.0 Å². The molecule has 0 bridgehead atoms. The Kier molecular flexibility index (Phi) is 5.91. The van der Waals surface area contributed by atoms with Crippen molar-refractivity contribution in [2.24, 2.45) is 10.9 Å². The van der Waals surface area contributed by atoms with Crippen molar-refractivity contribution < 1.29 is 14.3 Å². The molecule has 3 aromatic rings. The van der Waals surface area contributed by atoms with Crippen LogP contribution >= 0.6 is 0 Å². The van der Waals surface area contributed by atoms with Gasteiger partial charge in [0.15, 0.2) is 5.49 Å². The number of fused-ring (bicyclic) bond motifs is 2. The van der Waals surface area contributed by atoms with E-state index in [4.69, 9.17) is 4.74 Å². The van der Waals surface area contributed by atoms with Gasteiger partial charge in [-0.15, -0.1) is 0 Å². The highest BCUT2D eigenvalue weighted by molar-refractivity contribution is 5.93. The lowest BCUT2D eigenvalue weighted by atomic mass is 10.2. The summed E-state index contributed by atoms with van der Waals surface area (Å²) in [5.41, 5.74) is 0.800. The molecule has 3 aromatic heterocycles. The highest BCUT2D eigenvalue weighted by Gasteiger charge is 2.20. The third kappa shape index (κ3) is 3.83. The number of aromatic nitrogens is 3. The number of pyridine rings is 2. The molecule has 0 aliphatic rings. The fraction of sp³-hybridized carbons (Fsp3) is 0.381. The first-order chi connectivity index (χ1) is 13.9. The van der Waals surface area contributed by atoms with Crippen LogP contribution in [0.5, 0.6) is 0 Å². The Hall–Kier alpha value is -3.29. The average molecular weight is 396 g/mol. The summed E-state index contributed by atoms with van der Waals surface area (Å²) in [6.07, 6.45) is 2.32. The van der Waals surface area contributed by atoms with Gasteiger partial charge in [-0.1, -0.05) is 26.8 Å². The first-order valence-electron chi connectivity index (χ1n) is 9.69. The number of hydrogen-bond donors (Lipinski definition) is 0. The van der Waals surface area contributed by atoms with Gasteiger partial charge in [-0.05, 0) is 31.5 Å². The molecule has 0 aliphatic heterocycles. The van der Waals surface area contributed by atoms with Crippen molar-refractivity contribution in [2.45, 2.75) is 40.7 Å². The summed E-state index contributed by atoms with van der Waals surface area (Å²) in [4.78, 5) is 47.0. The number of nitrogens with zero attached hydrogens (tertiary/aromatic N) is 4. The van der Waals surface area contributed by atoms with E-state index in [1.807, 2.05) is 6.92 Å². The average Bonchev–Trinajstić information content (AvgIpc) is 2.70. The van der Waals surface area contributed by atoms with Crippen LogP contribution in [-0.4, -0.2) is 32.4 Å². The van der Waals surface area contributed by atoms with Crippen molar-refractivity contribution in [3.8, 4) is 0 Å². The minimum Gasteiger partial charge on any atom is -0.462 e. The van der Waals surface area contributed by atoms with Crippen molar-refractivity contribution in [1.29, 1.82) is 0 Å². The quantitative estimate of drug-likeness (QED) is 0.487. The van der Waals surface area contributed by atoms with Gasteiger partial charge in [0, 0.05) is 18.7 Å². The second-order valence-electron chi connectivity index (χ2n) is 6.94. The van der Waals surface area contributed by atoms with E-state index in [1.165, 1.54) is 10.5 Å². The number of carbonyl (C=O) groups is 2. The van der Waals surface area contributed by atoms with Gasteiger partial charge in [0.05, 0.1) is 12.0 Å². The van der Waals surface area contributed by atoms with Crippen molar-refractivity contribution in [3.63, 3.8) is 0 Å². The lowest BCUT2D eigenvalue weighted by Gasteiger charge is -2.14. The summed E-state index contributed by atoms with van der Waals surface area (Å²) < 4.78 is 8.25. The van der Waals surface area contributed by atoms with E-state index >= 15 is 0 Å². The molecule has 3 rings (SSSR count). The van der Waals surface area contributed by atoms with Crippen molar-refractivity contribution in [2.75, 3.05) is 6.61 Å². The highest BCUT2D eigenvalue weighted by atomic mass is 16.5. The minimum absolute atomic E-state index is 0.0802. The van der Waals surface area contributed by atoms with Crippen LogP contribution in [-0.2, 0) is 16.1 Å². The summed E-state index contributed by atoms with van der Waals surface area (Å²) in [6, 6.07) is 6.69. The maximum Gasteiger partial charge on any atom is 0.341 e. The molecule has 0 atom stereocenters. The van der Waals surface area contributed by atoms with Gasteiger partial charge in [0.25, 0.3) is 5.56 Å². The van der Waals surface area contributed by atoms with Gasteiger partial charge in [0.2, 0.25) is 5.91 Å². The zero-order chi connectivity index (χ0) is 21.1. The third-order valence-corrected chi connectivity index (χ3v) is 4.44.